The van der Waals surface area contributed by atoms with E-state index in [1.54, 1.807) is 41.3 Å². The van der Waals surface area contributed by atoms with Crippen molar-refractivity contribution < 1.29 is 9.53 Å². The first kappa shape index (κ1) is 24.8. The Bertz CT molecular complexity index is 1630. The van der Waals surface area contributed by atoms with E-state index < -0.39 is 5.69 Å². The molecule has 13 heteroatoms. The van der Waals surface area contributed by atoms with E-state index in [1.807, 2.05) is 19.0 Å². The third-order valence-electron chi connectivity index (χ3n) is 5.79. The summed E-state index contributed by atoms with van der Waals surface area (Å²) in [5.74, 6) is 0.662. The zero-order valence-corrected chi connectivity index (χ0v) is 21.4. The summed E-state index contributed by atoms with van der Waals surface area (Å²) in [7, 11) is 3.90. The molecule has 0 saturated heterocycles. The Labute approximate surface area is 220 Å². The number of nitrogens with zero attached hydrogens (tertiary/aromatic N) is 5. The van der Waals surface area contributed by atoms with Crippen molar-refractivity contribution in [3.63, 3.8) is 0 Å². The van der Waals surface area contributed by atoms with Gasteiger partial charge in [-0.05, 0) is 38.4 Å². The van der Waals surface area contributed by atoms with E-state index in [1.165, 1.54) is 6.20 Å². The van der Waals surface area contributed by atoms with Crippen molar-refractivity contribution in [2.24, 2.45) is 0 Å². The summed E-state index contributed by atoms with van der Waals surface area (Å²) in [6.07, 6.45) is 1.43. The van der Waals surface area contributed by atoms with E-state index in [0.717, 1.165) is 11.1 Å². The van der Waals surface area contributed by atoms with Crippen LogP contribution < -0.4 is 26.1 Å². The number of ether oxygens (including phenoxy) is 1. The summed E-state index contributed by atoms with van der Waals surface area (Å²) in [5.41, 5.74) is 0.901. The molecule has 4 aromatic rings. The van der Waals surface area contributed by atoms with Gasteiger partial charge in [-0.15, -0.1) is 0 Å². The number of likely N-dealkylation sites (N-methyl/N-ethyl adjacent to an activating group) is 1. The lowest BCUT2D eigenvalue weighted by Crippen LogP contribution is -2.42. The highest BCUT2D eigenvalue weighted by Gasteiger charge is 2.25. The monoisotopic (exact) mass is 540 g/mol. The van der Waals surface area contributed by atoms with Gasteiger partial charge in [-0.2, -0.15) is 4.98 Å². The van der Waals surface area contributed by atoms with Crippen molar-refractivity contribution in [3.8, 4) is 11.4 Å². The highest BCUT2D eigenvalue weighted by atomic mass is 35.5. The molecule has 11 nitrogen and oxygen atoms in total. The highest BCUT2D eigenvalue weighted by molar-refractivity contribution is 6.37. The Morgan fingerprint density at radius 3 is 2.68 bits per heavy atom. The van der Waals surface area contributed by atoms with Gasteiger partial charge in [0.25, 0.3) is 5.91 Å². The van der Waals surface area contributed by atoms with Crippen LogP contribution in [0, 0.1) is 5.41 Å². The zero-order chi connectivity index (χ0) is 26.3. The number of aromatic amines is 1. The lowest BCUT2D eigenvalue weighted by Gasteiger charge is -2.30. The molecule has 1 amide bonds. The number of hydrogen-bond acceptors (Lipinski definition) is 8. The fraction of sp³-hybridized carbons (Fsp3) is 0.208. The highest BCUT2D eigenvalue weighted by Crippen LogP contribution is 2.35. The molecule has 3 heterocycles. The van der Waals surface area contributed by atoms with Crippen LogP contribution in [0.25, 0.3) is 16.7 Å². The number of anilines is 3. The first-order valence-electron chi connectivity index (χ1n) is 11.2. The molecule has 1 aliphatic rings. The van der Waals surface area contributed by atoms with Crippen LogP contribution in [0.2, 0.25) is 10.0 Å². The number of nitrogens with one attached hydrogen (secondary N) is 3. The van der Waals surface area contributed by atoms with Crippen molar-refractivity contribution in [1.82, 2.24) is 24.4 Å². The molecule has 0 bridgehead atoms. The minimum atomic E-state index is -0.623. The van der Waals surface area contributed by atoms with Crippen LogP contribution in [-0.2, 0) is 4.79 Å². The number of benzene rings is 2. The van der Waals surface area contributed by atoms with Gasteiger partial charge >= 0.3 is 5.69 Å². The number of carbonyl (C=O) groups excluding carboxylic acids is 1. The number of fused-ring (bicyclic) bond motifs is 2. The van der Waals surface area contributed by atoms with E-state index in [9.17, 15) is 9.59 Å². The van der Waals surface area contributed by atoms with Gasteiger partial charge in [0, 0.05) is 31.0 Å². The second kappa shape index (κ2) is 9.85. The first-order chi connectivity index (χ1) is 17.7. The normalized spacial score (nSPS) is 13.1. The summed E-state index contributed by atoms with van der Waals surface area (Å²) >= 11 is 12.5. The van der Waals surface area contributed by atoms with Crippen LogP contribution in [0.5, 0.6) is 5.75 Å². The van der Waals surface area contributed by atoms with Gasteiger partial charge < -0.3 is 19.9 Å². The predicted molar refractivity (Wildman–Crippen MR) is 141 cm³/mol. The Morgan fingerprint density at radius 2 is 1.95 bits per heavy atom. The number of carbonyl (C=O) groups is 1. The van der Waals surface area contributed by atoms with Gasteiger partial charge in [-0.25, -0.2) is 14.3 Å². The minimum absolute atomic E-state index is 0.0423. The van der Waals surface area contributed by atoms with Crippen LogP contribution in [-0.4, -0.2) is 64.1 Å². The van der Waals surface area contributed by atoms with Crippen LogP contribution in [0.15, 0.2) is 47.4 Å². The van der Waals surface area contributed by atoms with Gasteiger partial charge in [0.05, 0.1) is 26.8 Å². The largest absolute Gasteiger partial charge is 0.481 e. The van der Waals surface area contributed by atoms with E-state index in [2.05, 4.69) is 20.3 Å². The zero-order valence-electron chi connectivity index (χ0n) is 19.9. The number of halogens is 2. The molecule has 0 radical (unpaired) electrons. The second-order valence-corrected chi connectivity index (χ2v) is 9.40. The molecule has 0 aliphatic carbocycles. The molecule has 37 heavy (non-hydrogen) atoms. The van der Waals surface area contributed by atoms with Gasteiger partial charge in [-0.3, -0.25) is 15.2 Å². The summed E-state index contributed by atoms with van der Waals surface area (Å²) in [4.78, 5) is 40.3. The Kier molecular flexibility index (Phi) is 6.59. The number of amides is 1. The van der Waals surface area contributed by atoms with Crippen molar-refractivity contribution in [2.45, 2.75) is 0 Å². The lowest BCUT2D eigenvalue weighted by molar-refractivity contribution is -0.121. The molecule has 3 N–H and O–H groups in total. The summed E-state index contributed by atoms with van der Waals surface area (Å²) in [6.45, 7) is 1.22. The molecule has 0 spiro atoms. The summed E-state index contributed by atoms with van der Waals surface area (Å²) in [6, 6.07) is 10.2. The van der Waals surface area contributed by atoms with Crippen molar-refractivity contribution in [3.05, 3.63) is 68.6 Å². The fourth-order valence-electron chi connectivity index (χ4n) is 3.96. The predicted octanol–water partition coefficient (Wildman–Crippen LogP) is 2.93. The van der Waals surface area contributed by atoms with E-state index in [4.69, 9.17) is 33.3 Å². The van der Waals surface area contributed by atoms with E-state index >= 15 is 0 Å². The third-order valence-corrected chi connectivity index (χ3v) is 6.40. The smallest absolute Gasteiger partial charge is 0.333 e. The van der Waals surface area contributed by atoms with E-state index in [0.29, 0.717) is 29.1 Å². The molecule has 190 valence electrons. The Morgan fingerprint density at radius 1 is 1.19 bits per heavy atom. The average Bonchev–Trinajstić information content (AvgIpc) is 2.85. The van der Waals surface area contributed by atoms with Crippen LogP contribution >= 0.6 is 23.2 Å². The number of aromatic nitrogens is 4. The molecule has 2 aromatic carbocycles. The number of hydrogen-bond donors (Lipinski definition) is 3. The molecular weight excluding hydrogens is 519 g/mol. The molecule has 0 saturated carbocycles. The molecule has 1 aliphatic heterocycles. The van der Waals surface area contributed by atoms with Crippen LogP contribution in [0.1, 0.15) is 0 Å². The average molecular weight is 541 g/mol. The molecule has 5 rings (SSSR count). The van der Waals surface area contributed by atoms with Gasteiger partial charge in [0.1, 0.15) is 11.2 Å². The van der Waals surface area contributed by atoms with Gasteiger partial charge in [-0.1, -0.05) is 29.3 Å². The van der Waals surface area contributed by atoms with E-state index in [-0.39, 0.29) is 45.3 Å². The maximum Gasteiger partial charge on any atom is 0.333 e. The van der Waals surface area contributed by atoms with Crippen LogP contribution in [0.4, 0.5) is 17.3 Å². The number of rotatable bonds is 6. The summed E-state index contributed by atoms with van der Waals surface area (Å²) < 4.78 is 6.72. The molecule has 0 atom stereocenters. The quantitative estimate of drug-likeness (QED) is 0.342. The number of H-pyrrole nitrogens is 1. The Balaban J connectivity index is 1.46. The third kappa shape index (κ3) is 4.76. The second-order valence-electron chi connectivity index (χ2n) is 8.59. The number of para-hydroxylation sites is 1. The van der Waals surface area contributed by atoms with Crippen molar-refractivity contribution in [2.75, 3.05) is 44.0 Å². The van der Waals surface area contributed by atoms with Gasteiger partial charge in [0.2, 0.25) is 5.95 Å². The topological polar surface area (TPSA) is 132 Å². The van der Waals surface area contributed by atoms with Crippen molar-refractivity contribution >= 4 is 57.5 Å². The molecular formula is C24H22Cl2N8O3. The lowest BCUT2D eigenvalue weighted by atomic mass is 10.2. The van der Waals surface area contributed by atoms with Gasteiger partial charge in [0.15, 0.2) is 12.3 Å². The fourth-order valence-corrected chi connectivity index (χ4v) is 4.53. The Hall–Kier alpha value is -3.93. The SMILES string of the molecule is CN(C)CCN1C(=O)COc2cc(Nc3ncc4c(=N)n(-c5c(Cl)cccc5Cl)c(=O)[nH]c4n3)ccc21. The van der Waals surface area contributed by atoms with Crippen molar-refractivity contribution in [1.29, 1.82) is 5.41 Å². The molecule has 2 aromatic heterocycles. The maximum atomic E-state index is 12.9. The molecule has 0 fully saturated rings. The first-order valence-corrected chi connectivity index (χ1v) is 12.0. The standard InChI is InChI=1S/C24H22Cl2N8O3/c1-32(2)8-9-33-17-7-6-13(10-18(17)37-12-19(33)35)29-23-28-11-14-21(27)34(24(36)31-22(14)30-23)20-15(25)4-3-5-16(20)26/h3-7,10-11,27H,8-9,12H2,1-2H3,(H2,28,29,30,31,36). The van der Waals surface area contributed by atoms with Crippen LogP contribution in [0.3, 0.4) is 0 Å². The molecule has 0 unspecified atom stereocenters. The minimum Gasteiger partial charge on any atom is -0.481 e. The summed E-state index contributed by atoms with van der Waals surface area (Å²) in [5, 5.41) is 12.4. The maximum absolute atomic E-state index is 12.9.